The quantitative estimate of drug-likeness (QED) is 0.476. The Labute approximate surface area is 160 Å². The van der Waals surface area contributed by atoms with Crippen LogP contribution in [0.2, 0.25) is 0 Å². The number of aliphatic hydroxyl groups excluding tert-OH is 1. The highest BCUT2D eigenvalue weighted by Gasteiger charge is 2.50. The number of aliphatic hydroxyl groups is 2. The largest absolute Gasteiger partial charge is 0.494 e. The van der Waals surface area contributed by atoms with Crippen molar-refractivity contribution in [1.82, 2.24) is 0 Å². The predicted octanol–water partition coefficient (Wildman–Crippen LogP) is 5.30. The summed E-state index contributed by atoms with van der Waals surface area (Å²) < 4.78 is 41.2. The first-order valence-electron chi connectivity index (χ1n) is 7.62. The van der Waals surface area contributed by atoms with Gasteiger partial charge in [-0.2, -0.15) is 13.2 Å². The first kappa shape index (κ1) is 17.3. The standard InChI is InChI=1S/C19H11F3INO2/c20-19(21,22)14-8-13(23)9-15-16(14)18(26,17(25)24-15)12-6-5-10-3-1-2-4-11(10)7-12/h1-9,26H,(H,24,25). The van der Waals surface area contributed by atoms with Crippen molar-refractivity contribution < 1.29 is 23.4 Å². The molecule has 3 aromatic rings. The molecule has 2 N–H and O–H groups in total. The summed E-state index contributed by atoms with van der Waals surface area (Å²) in [7, 11) is 0. The maximum absolute atomic E-state index is 13.6. The summed E-state index contributed by atoms with van der Waals surface area (Å²) in [6.45, 7) is 0. The van der Waals surface area contributed by atoms with Crippen LogP contribution >= 0.6 is 22.6 Å². The molecule has 0 saturated heterocycles. The molecule has 0 fully saturated rings. The van der Waals surface area contributed by atoms with Gasteiger partial charge in [-0.15, -0.1) is 0 Å². The molecule has 1 aliphatic rings. The van der Waals surface area contributed by atoms with Crippen LogP contribution in [0.15, 0.2) is 59.6 Å². The molecule has 0 aliphatic carbocycles. The zero-order valence-electron chi connectivity index (χ0n) is 13.0. The molecule has 0 saturated carbocycles. The zero-order chi connectivity index (χ0) is 18.7. The van der Waals surface area contributed by atoms with Gasteiger partial charge < -0.3 is 10.2 Å². The molecular formula is C19H11F3INO2. The SMILES string of the molecule is OC1=Nc2cc(I)cc(C(F)(F)F)c2C1(O)c1ccc2ccccc2c1. The van der Waals surface area contributed by atoms with Crippen molar-refractivity contribution in [2.45, 2.75) is 11.8 Å². The van der Waals surface area contributed by atoms with Gasteiger partial charge in [-0.25, -0.2) is 4.99 Å². The monoisotopic (exact) mass is 469 g/mol. The normalized spacial score (nSPS) is 19.5. The lowest BCUT2D eigenvalue weighted by Gasteiger charge is -2.27. The Hall–Kier alpha value is -2.13. The minimum absolute atomic E-state index is 0.0858. The summed E-state index contributed by atoms with van der Waals surface area (Å²) in [5.74, 6) is -0.768. The number of nitrogens with zero attached hydrogens (tertiary/aromatic N) is 1. The Bertz CT molecular complexity index is 1080. The van der Waals surface area contributed by atoms with Crippen molar-refractivity contribution in [3.63, 3.8) is 0 Å². The number of hydrogen-bond donors (Lipinski definition) is 2. The maximum Gasteiger partial charge on any atom is 0.416 e. The maximum atomic E-state index is 13.6. The lowest BCUT2D eigenvalue weighted by molar-refractivity contribution is -0.139. The lowest BCUT2D eigenvalue weighted by Crippen LogP contribution is -2.36. The minimum Gasteiger partial charge on any atom is -0.494 e. The topological polar surface area (TPSA) is 52.8 Å². The zero-order valence-corrected chi connectivity index (χ0v) is 15.2. The molecule has 1 unspecified atom stereocenters. The van der Waals surface area contributed by atoms with Crippen molar-refractivity contribution in [3.8, 4) is 0 Å². The first-order valence-corrected chi connectivity index (χ1v) is 8.70. The summed E-state index contributed by atoms with van der Waals surface area (Å²) in [4.78, 5) is 3.81. The summed E-state index contributed by atoms with van der Waals surface area (Å²) in [5, 5.41) is 23.1. The number of benzene rings is 3. The fourth-order valence-electron chi connectivity index (χ4n) is 3.28. The molecule has 26 heavy (non-hydrogen) atoms. The van der Waals surface area contributed by atoms with Gasteiger partial charge in [-0.3, -0.25) is 0 Å². The molecule has 1 aliphatic heterocycles. The second-order valence-corrected chi connectivity index (χ2v) is 7.30. The fourth-order valence-corrected chi connectivity index (χ4v) is 3.89. The van der Waals surface area contributed by atoms with Gasteiger partial charge in [0.25, 0.3) is 0 Å². The van der Waals surface area contributed by atoms with Crippen molar-refractivity contribution in [1.29, 1.82) is 0 Å². The highest BCUT2D eigenvalue weighted by Crippen LogP contribution is 2.49. The number of rotatable bonds is 1. The van der Waals surface area contributed by atoms with Crippen LogP contribution in [0.1, 0.15) is 16.7 Å². The number of aliphatic imine (C=N–C) groups is 1. The minimum atomic E-state index is -4.70. The van der Waals surface area contributed by atoms with Gasteiger partial charge in [0.15, 0.2) is 5.60 Å². The summed E-state index contributed by atoms with van der Waals surface area (Å²) in [5.41, 5.74) is -3.77. The molecule has 0 spiro atoms. The molecule has 4 rings (SSSR count). The van der Waals surface area contributed by atoms with Crippen LogP contribution in [-0.2, 0) is 11.8 Å². The van der Waals surface area contributed by atoms with Gasteiger partial charge in [0, 0.05) is 9.13 Å². The molecule has 3 aromatic carbocycles. The third-order valence-corrected chi connectivity index (χ3v) is 5.09. The van der Waals surface area contributed by atoms with E-state index in [1.54, 1.807) is 46.9 Å². The fraction of sp³-hybridized carbons (Fsp3) is 0.105. The van der Waals surface area contributed by atoms with Gasteiger partial charge in [0.05, 0.1) is 11.3 Å². The van der Waals surface area contributed by atoms with E-state index in [0.29, 0.717) is 3.57 Å². The summed E-state index contributed by atoms with van der Waals surface area (Å²) >= 11 is 1.75. The van der Waals surface area contributed by atoms with Crippen LogP contribution in [0.5, 0.6) is 0 Å². The van der Waals surface area contributed by atoms with E-state index in [2.05, 4.69) is 4.99 Å². The Morgan fingerprint density at radius 2 is 1.65 bits per heavy atom. The first-order chi connectivity index (χ1) is 12.2. The Morgan fingerprint density at radius 3 is 2.35 bits per heavy atom. The van der Waals surface area contributed by atoms with Gasteiger partial charge in [0.2, 0.25) is 5.90 Å². The summed E-state index contributed by atoms with van der Waals surface area (Å²) in [6.07, 6.45) is -4.70. The van der Waals surface area contributed by atoms with Crippen molar-refractivity contribution in [2.75, 3.05) is 0 Å². The van der Waals surface area contributed by atoms with Crippen LogP contribution in [0.4, 0.5) is 18.9 Å². The molecule has 0 radical (unpaired) electrons. The molecule has 3 nitrogen and oxygen atoms in total. The second-order valence-electron chi connectivity index (χ2n) is 6.05. The molecule has 1 heterocycles. The van der Waals surface area contributed by atoms with E-state index >= 15 is 0 Å². The smallest absolute Gasteiger partial charge is 0.416 e. The number of halogens is 4. The number of hydrogen-bond acceptors (Lipinski definition) is 2. The molecule has 7 heteroatoms. The second kappa shape index (κ2) is 5.68. The highest BCUT2D eigenvalue weighted by atomic mass is 127. The number of fused-ring (bicyclic) bond motifs is 2. The van der Waals surface area contributed by atoms with E-state index < -0.39 is 28.8 Å². The molecule has 0 bridgehead atoms. The summed E-state index contributed by atoms with van der Waals surface area (Å²) in [6, 6.07) is 14.4. The van der Waals surface area contributed by atoms with Crippen molar-refractivity contribution in [3.05, 3.63) is 74.9 Å². The highest BCUT2D eigenvalue weighted by molar-refractivity contribution is 14.1. The third-order valence-electron chi connectivity index (χ3n) is 4.47. The van der Waals surface area contributed by atoms with Gasteiger partial charge in [-0.1, -0.05) is 36.4 Å². The molecule has 0 aromatic heterocycles. The predicted molar refractivity (Wildman–Crippen MR) is 101 cm³/mol. The van der Waals surface area contributed by atoms with Crippen molar-refractivity contribution >= 4 is 44.9 Å². The van der Waals surface area contributed by atoms with E-state index in [1.165, 1.54) is 12.1 Å². The van der Waals surface area contributed by atoms with E-state index in [4.69, 9.17) is 0 Å². The lowest BCUT2D eigenvalue weighted by atomic mass is 9.83. The Balaban J connectivity index is 2.02. The van der Waals surface area contributed by atoms with Gasteiger partial charge >= 0.3 is 6.18 Å². The average Bonchev–Trinajstić information content (AvgIpc) is 2.84. The molecule has 0 amide bonds. The Morgan fingerprint density at radius 1 is 0.962 bits per heavy atom. The average molecular weight is 469 g/mol. The van der Waals surface area contributed by atoms with Gasteiger partial charge in [0.1, 0.15) is 0 Å². The third kappa shape index (κ3) is 2.49. The van der Waals surface area contributed by atoms with Crippen molar-refractivity contribution in [2.24, 2.45) is 4.99 Å². The van der Waals surface area contributed by atoms with Crippen LogP contribution < -0.4 is 0 Å². The molecule has 1 atom stereocenters. The number of alkyl halides is 3. The van der Waals surface area contributed by atoms with Crippen LogP contribution in [-0.4, -0.2) is 16.1 Å². The van der Waals surface area contributed by atoms with E-state index in [9.17, 15) is 23.4 Å². The van der Waals surface area contributed by atoms with E-state index in [-0.39, 0.29) is 11.3 Å². The van der Waals surface area contributed by atoms with Crippen LogP contribution in [0.3, 0.4) is 0 Å². The van der Waals surface area contributed by atoms with Crippen LogP contribution in [0, 0.1) is 3.57 Å². The van der Waals surface area contributed by atoms with E-state index in [1.807, 2.05) is 12.1 Å². The molecular weight excluding hydrogens is 458 g/mol. The molecule has 132 valence electrons. The Kier molecular flexibility index (Phi) is 3.78. The van der Waals surface area contributed by atoms with Gasteiger partial charge in [-0.05, 0) is 57.1 Å². The van der Waals surface area contributed by atoms with E-state index in [0.717, 1.165) is 16.8 Å². The van der Waals surface area contributed by atoms with Crippen LogP contribution in [0.25, 0.3) is 10.8 Å².